The first kappa shape index (κ1) is 10.9. The fourth-order valence-corrected chi connectivity index (χ4v) is 1.28. The topological polar surface area (TPSA) is 49.7 Å². The van der Waals surface area contributed by atoms with E-state index in [2.05, 4.69) is 0 Å². The van der Waals surface area contributed by atoms with Gasteiger partial charge < -0.3 is 14.9 Å². The number of phenolic OH excluding ortho intramolecular Hbond substituents is 1. The Hall–Kier alpha value is -1.22. The van der Waals surface area contributed by atoms with Gasteiger partial charge in [0.15, 0.2) is 0 Å². The first-order chi connectivity index (χ1) is 6.69. The van der Waals surface area contributed by atoms with Crippen LogP contribution in [0.4, 0.5) is 0 Å². The van der Waals surface area contributed by atoms with Gasteiger partial charge in [0.25, 0.3) is 0 Å². The van der Waals surface area contributed by atoms with Gasteiger partial charge in [-0.15, -0.1) is 0 Å². The Labute approximate surface area is 84.0 Å². The summed E-state index contributed by atoms with van der Waals surface area (Å²) in [6.45, 7) is 4.31. The Kier molecular flexibility index (Phi) is 3.77. The van der Waals surface area contributed by atoms with Crippen LogP contribution in [0.2, 0.25) is 0 Å². The molecule has 0 aliphatic rings. The van der Waals surface area contributed by atoms with Crippen molar-refractivity contribution in [3.8, 4) is 11.5 Å². The molecule has 1 unspecified atom stereocenters. The van der Waals surface area contributed by atoms with Crippen LogP contribution in [0, 0.1) is 0 Å². The summed E-state index contributed by atoms with van der Waals surface area (Å²) < 4.78 is 5.21. The number of aromatic hydroxyl groups is 1. The molecule has 0 fully saturated rings. The third-order valence-corrected chi connectivity index (χ3v) is 2.06. The van der Waals surface area contributed by atoms with Crippen LogP contribution < -0.4 is 4.74 Å². The highest BCUT2D eigenvalue weighted by Crippen LogP contribution is 2.29. The summed E-state index contributed by atoms with van der Waals surface area (Å²) in [6, 6.07) is 4.96. The van der Waals surface area contributed by atoms with E-state index in [4.69, 9.17) is 4.74 Å². The van der Waals surface area contributed by atoms with Crippen LogP contribution in [0.3, 0.4) is 0 Å². The van der Waals surface area contributed by atoms with Crippen molar-refractivity contribution in [2.24, 2.45) is 0 Å². The first-order valence-electron chi connectivity index (χ1n) is 4.82. The van der Waals surface area contributed by atoms with E-state index in [-0.39, 0.29) is 5.75 Å². The van der Waals surface area contributed by atoms with E-state index in [9.17, 15) is 10.2 Å². The van der Waals surface area contributed by atoms with Gasteiger partial charge in [0.2, 0.25) is 0 Å². The van der Waals surface area contributed by atoms with E-state index in [0.717, 1.165) is 0 Å². The van der Waals surface area contributed by atoms with Crippen LogP contribution in [-0.2, 0) is 0 Å². The van der Waals surface area contributed by atoms with Crippen LogP contribution >= 0.6 is 0 Å². The highest BCUT2D eigenvalue weighted by Gasteiger charge is 2.10. The molecule has 0 spiro atoms. The Morgan fingerprint density at radius 3 is 2.57 bits per heavy atom. The number of benzene rings is 1. The first-order valence-corrected chi connectivity index (χ1v) is 4.82. The Morgan fingerprint density at radius 2 is 2.07 bits per heavy atom. The van der Waals surface area contributed by atoms with Gasteiger partial charge in [0, 0.05) is 11.6 Å². The second-order valence-corrected chi connectivity index (χ2v) is 3.08. The fourth-order valence-electron chi connectivity index (χ4n) is 1.28. The van der Waals surface area contributed by atoms with E-state index in [1.165, 1.54) is 6.07 Å². The van der Waals surface area contributed by atoms with E-state index in [0.29, 0.717) is 24.3 Å². The predicted molar refractivity (Wildman–Crippen MR) is 54.5 cm³/mol. The van der Waals surface area contributed by atoms with Gasteiger partial charge >= 0.3 is 0 Å². The quantitative estimate of drug-likeness (QED) is 0.776. The molecule has 3 heteroatoms. The number of aliphatic hydroxyl groups excluding tert-OH is 1. The van der Waals surface area contributed by atoms with Crippen molar-refractivity contribution in [3.05, 3.63) is 23.8 Å². The third-order valence-electron chi connectivity index (χ3n) is 2.06. The van der Waals surface area contributed by atoms with Crippen molar-refractivity contribution in [1.29, 1.82) is 0 Å². The number of rotatable bonds is 4. The summed E-state index contributed by atoms with van der Waals surface area (Å²) in [4.78, 5) is 0. The molecule has 0 bridgehead atoms. The van der Waals surface area contributed by atoms with Crippen LogP contribution in [0.1, 0.15) is 31.9 Å². The SMILES string of the molecule is CCOc1ccc(C(O)CC)c(O)c1. The van der Waals surface area contributed by atoms with Gasteiger partial charge in [0.05, 0.1) is 12.7 Å². The molecule has 3 nitrogen and oxygen atoms in total. The summed E-state index contributed by atoms with van der Waals surface area (Å²) >= 11 is 0. The Bertz CT molecular complexity index is 297. The van der Waals surface area contributed by atoms with Crippen molar-refractivity contribution in [2.45, 2.75) is 26.4 Å². The van der Waals surface area contributed by atoms with Gasteiger partial charge in [-0.2, -0.15) is 0 Å². The lowest BCUT2D eigenvalue weighted by atomic mass is 10.1. The molecule has 0 aliphatic carbocycles. The molecule has 0 aromatic heterocycles. The van der Waals surface area contributed by atoms with Gasteiger partial charge in [-0.25, -0.2) is 0 Å². The zero-order chi connectivity index (χ0) is 10.6. The predicted octanol–water partition coefficient (Wildman–Crippen LogP) is 2.23. The van der Waals surface area contributed by atoms with Gasteiger partial charge in [-0.05, 0) is 25.5 Å². The van der Waals surface area contributed by atoms with E-state index in [1.54, 1.807) is 12.1 Å². The molecule has 14 heavy (non-hydrogen) atoms. The van der Waals surface area contributed by atoms with Crippen molar-refractivity contribution in [1.82, 2.24) is 0 Å². The number of ether oxygens (including phenoxy) is 1. The lowest BCUT2D eigenvalue weighted by molar-refractivity contribution is 0.169. The van der Waals surface area contributed by atoms with Gasteiger partial charge in [-0.3, -0.25) is 0 Å². The molecule has 0 amide bonds. The minimum absolute atomic E-state index is 0.0882. The number of hydrogen-bond acceptors (Lipinski definition) is 3. The van der Waals surface area contributed by atoms with Crippen molar-refractivity contribution in [3.63, 3.8) is 0 Å². The average molecular weight is 196 g/mol. The summed E-state index contributed by atoms with van der Waals surface area (Å²) in [7, 11) is 0. The summed E-state index contributed by atoms with van der Waals surface area (Å²) in [5.74, 6) is 0.711. The summed E-state index contributed by atoms with van der Waals surface area (Å²) in [5, 5.41) is 19.1. The highest BCUT2D eigenvalue weighted by molar-refractivity contribution is 5.40. The molecule has 0 saturated heterocycles. The van der Waals surface area contributed by atoms with Gasteiger partial charge in [0.1, 0.15) is 11.5 Å². The average Bonchev–Trinajstić information content (AvgIpc) is 2.17. The second-order valence-electron chi connectivity index (χ2n) is 3.08. The lowest BCUT2D eigenvalue weighted by Crippen LogP contribution is -1.97. The van der Waals surface area contributed by atoms with E-state index in [1.807, 2.05) is 13.8 Å². The van der Waals surface area contributed by atoms with Crippen molar-refractivity contribution >= 4 is 0 Å². The molecule has 1 aromatic carbocycles. The Balaban J connectivity index is 2.89. The Morgan fingerprint density at radius 1 is 1.36 bits per heavy atom. The fraction of sp³-hybridized carbons (Fsp3) is 0.455. The van der Waals surface area contributed by atoms with Crippen LogP contribution in [0.15, 0.2) is 18.2 Å². The van der Waals surface area contributed by atoms with E-state index < -0.39 is 6.10 Å². The number of aliphatic hydroxyl groups is 1. The lowest BCUT2D eigenvalue weighted by Gasteiger charge is -2.11. The van der Waals surface area contributed by atoms with E-state index >= 15 is 0 Å². The minimum atomic E-state index is -0.606. The van der Waals surface area contributed by atoms with Crippen molar-refractivity contribution < 1.29 is 14.9 Å². The second kappa shape index (κ2) is 4.86. The maximum Gasteiger partial charge on any atom is 0.125 e. The molecule has 0 saturated carbocycles. The minimum Gasteiger partial charge on any atom is -0.507 e. The van der Waals surface area contributed by atoms with Crippen LogP contribution in [0.5, 0.6) is 11.5 Å². The molecule has 0 aliphatic heterocycles. The summed E-state index contributed by atoms with van der Waals surface area (Å²) in [5.41, 5.74) is 0.552. The molecule has 1 atom stereocenters. The normalized spacial score (nSPS) is 12.5. The molecule has 0 heterocycles. The van der Waals surface area contributed by atoms with Crippen molar-refractivity contribution in [2.75, 3.05) is 6.61 Å². The summed E-state index contributed by atoms with van der Waals surface area (Å²) in [6.07, 6.45) is -0.0210. The maximum atomic E-state index is 9.58. The molecule has 2 N–H and O–H groups in total. The maximum absolute atomic E-state index is 9.58. The number of hydrogen-bond donors (Lipinski definition) is 2. The smallest absolute Gasteiger partial charge is 0.125 e. The zero-order valence-corrected chi connectivity index (χ0v) is 8.53. The largest absolute Gasteiger partial charge is 0.507 e. The molecular formula is C11H16O3. The van der Waals surface area contributed by atoms with Crippen LogP contribution in [0.25, 0.3) is 0 Å². The van der Waals surface area contributed by atoms with Gasteiger partial charge in [-0.1, -0.05) is 6.92 Å². The highest BCUT2D eigenvalue weighted by atomic mass is 16.5. The monoisotopic (exact) mass is 196 g/mol. The molecule has 78 valence electrons. The molecular weight excluding hydrogens is 180 g/mol. The molecule has 1 aromatic rings. The van der Waals surface area contributed by atoms with Crippen LogP contribution in [-0.4, -0.2) is 16.8 Å². The third kappa shape index (κ3) is 2.39. The number of phenols is 1. The standard InChI is InChI=1S/C11H16O3/c1-3-10(12)9-6-5-8(14-4-2)7-11(9)13/h5-7,10,12-13H,3-4H2,1-2H3. The zero-order valence-electron chi connectivity index (χ0n) is 8.53. The molecule has 1 rings (SSSR count). The molecule has 0 radical (unpaired) electrons.